The molecule has 0 spiro atoms. The number of likely N-dealkylation sites (N-methyl/N-ethyl adjacent to an activating group) is 1. The third-order valence-electron chi connectivity index (χ3n) is 1.71. The molecule has 0 radical (unpaired) electrons. The first kappa shape index (κ1) is 11.6. The Bertz CT molecular complexity index is 117. The Balaban J connectivity index is 3.60. The third kappa shape index (κ3) is 5.29. The summed E-state index contributed by atoms with van der Waals surface area (Å²) < 4.78 is 4.95. The highest BCUT2D eigenvalue weighted by Crippen LogP contribution is 1.91. The lowest BCUT2D eigenvalue weighted by molar-refractivity contribution is 0.159. The Morgan fingerprint density at radius 3 is 2.75 bits per heavy atom. The minimum Gasteiger partial charge on any atom is -0.383 e. The lowest BCUT2D eigenvalue weighted by Gasteiger charge is -2.22. The second-order valence-corrected chi connectivity index (χ2v) is 2.86. The van der Waals surface area contributed by atoms with Crippen molar-refractivity contribution in [1.82, 2.24) is 4.90 Å². The highest BCUT2D eigenvalue weighted by molar-refractivity contribution is 4.75. The molecular weight excluding hydrogens is 152 g/mol. The van der Waals surface area contributed by atoms with Crippen LogP contribution in [0.1, 0.15) is 6.92 Å². The van der Waals surface area contributed by atoms with Gasteiger partial charge in [-0.15, -0.1) is 6.58 Å². The van der Waals surface area contributed by atoms with E-state index in [0.717, 1.165) is 19.6 Å². The van der Waals surface area contributed by atoms with Gasteiger partial charge >= 0.3 is 0 Å². The van der Waals surface area contributed by atoms with Gasteiger partial charge in [0.05, 0.1) is 6.61 Å². The van der Waals surface area contributed by atoms with Crippen LogP contribution in [0.4, 0.5) is 0 Å². The summed E-state index contributed by atoms with van der Waals surface area (Å²) in [6.07, 6.45) is 1.89. The van der Waals surface area contributed by atoms with E-state index in [9.17, 15) is 0 Å². The Labute approximate surface area is 75.2 Å². The van der Waals surface area contributed by atoms with Crippen molar-refractivity contribution in [3.05, 3.63) is 12.7 Å². The molecule has 0 rings (SSSR count). The minimum absolute atomic E-state index is 0.106. The quantitative estimate of drug-likeness (QED) is 0.567. The van der Waals surface area contributed by atoms with Crippen molar-refractivity contribution >= 4 is 0 Å². The van der Waals surface area contributed by atoms with Crippen LogP contribution in [0, 0.1) is 0 Å². The van der Waals surface area contributed by atoms with Crippen LogP contribution >= 0.6 is 0 Å². The predicted molar refractivity (Wildman–Crippen MR) is 52.2 cm³/mol. The number of hydrogen-bond acceptors (Lipinski definition) is 3. The monoisotopic (exact) mass is 172 g/mol. The summed E-state index contributed by atoms with van der Waals surface area (Å²) in [5, 5.41) is 0. The first-order valence-electron chi connectivity index (χ1n) is 4.32. The van der Waals surface area contributed by atoms with Gasteiger partial charge in [-0.3, -0.25) is 4.90 Å². The Morgan fingerprint density at radius 2 is 2.33 bits per heavy atom. The molecule has 0 heterocycles. The van der Waals surface area contributed by atoms with Crippen molar-refractivity contribution in [2.24, 2.45) is 5.73 Å². The molecule has 0 aromatic rings. The summed E-state index contributed by atoms with van der Waals surface area (Å²) in [5.41, 5.74) is 5.79. The highest BCUT2D eigenvalue weighted by Gasteiger charge is 2.06. The Kier molecular flexibility index (Phi) is 7.05. The van der Waals surface area contributed by atoms with Crippen LogP contribution in [0.15, 0.2) is 12.7 Å². The molecule has 0 aromatic carbocycles. The van der Waals surface area contributed by atoms with Crippen molar-refractivity contribution in [3.8, 4) is 0 Å². The van der Waals surface area contributed by atoms with E-state index in [2.05, 4.69) is 18.4 Å². The third-order valence-corrected chi connectivity index (χ3v) is 1.71. The molecule has 0 aliphatic rings. The molecule has 3 heteroatoms. The van der Waals surface area contributed by atoms with Gasteiger partial charge in [0.2, 0.25) is 0 Å². The second kappa shape index (κ2) is 7.28. The fourth-order valence-electron chi connectivity index (χ4n) is 1.11. The van der Waals surface area contributed by atoms with E-state index in [-0.39, 0.29) is 6.04 Å². The molecule has 0 aliphatic carbocycles. The van der Waals surface area contributed by atoms with Gasteiger partial charge in [-0.25, -0.2) is 0 Å². The average molecular weight is 172 g/mol. The van der Waals surface area contributed by atoms with E-state index >= 15 is 0 Å². The minimum atomic E-state index is 0.106. The van der Waals surface area contributed by atoms with Crippen molar-refractivity contribution < 1.29 is 4.74 Å². The first-order chi connectivity index (χ1) is 5.74. The largest absolute Gasteiger partial charge is 0.383 e. The molecule has 0 amide bonds. The Hall–Kier alpha value is -0.380. The van der Waals surface area contributed by atoms with E-state index in [1.807, 2.05) is 6.08 Å². The lowest BCUT2D eigenvalue weighted by atomic mass is 10.3. The van der Waals surface area contributed by atoms with Crippen LogP contribution in [0.25, 0.3) is 0 Å². The standard InChI is InChI=1S/C9H20N2O/c1-4-6-11(5-2)7-9(10)8-12-3/h4,9H,1,5-8,10H2,2-3H3. The maximum absolute atomic E-state index is 5.79. The van der Waals surface area contributed by atoms with Crippen LogP contribution in [0.3, 0.4) is 0 Å². The molecule has 0 saturated heterocycles. The van der Waals surface area contributed by atoms with E-state index in [1.54, 1.807) is 7.11 Å². The molecule has 12 heavy (non-hydrogen) atoms. The number of methoxy groups -OCH3 is 1. The smallest absolute Gasteiger partial charge is 0.0626 e. The molecular formula is C9H20N2O. The van der Waals surface area contributed by atoms with Gasteiger partial charge in [-0.2, -0.15) is 0 Å². The lowest BCUT2D eigenvalue weighted by Crippen LogP contribution is -2.40. The average Bonchev–Trinajstić information content (AvgIpc) is 2.04. The summed E-state index contributed by atoms with van der Waals surface area (Å²) in [5.74, 6) is 0. The maximum atomic E-state index is 5.79. The first-order valence-corrected chi connectivity index (χ1v) is 4.32. The molecule has 0 saturated carbocycles. The maximum Gasteiger partial charge on any atom is 0.0626 e. The van der Waals surface area contributed by atoms with Gasteiger partial charge in [0.1, 0.15) is 0 Å². The number of nitrogens with two attached hydrogens (primary N) is 1. The second-order valence-electron chi connectivity index (χ2n) is 2.86. The number of rotatable bonds is 7. The molecule has 3 nitrogen and oxygen atoms in total. The molecule has 72 valence electrons. The van der Waals surface area contributed by atoms with Crippen molar-refractivity contribution in [2.45, 2.75) is 13.0 Å². The van der Waals surface area contributed by atoms with Gasteiger partial charge in [-0.1, -0.05) is 13.0 Å². The number of hydrogen-bond donors (Lipinski definition) is 1. The molecule has 0 bridgehead atoms. The number of nitrogens with zero attached hydrogens (tertiary/aromatic N) is 1. The number of ether oxygens (including phenoxy) is 1. The fourth-order valence-corrected chi connectivity index (χ4v) is 1.11. The van der Waals surface area contributed by atoms with E-state index < -0.39 is 0 Å². The van der Waals surface area contributed by atoms with Gasteiger partial charge in [0.25, 0.3) is 0 Å². The molecule has 0 aromatic heterocycles. The van der Waals surface area contributed by atoms with Crippen LogP contribution < -0.4 is 5.73 Å². The highest BCUT2D eigenvalue weighted by atomic mass is 16.5. The van der Waals surface area contributed by atoms with Gasteiger partial charge in [-0.05, 0) is 6.54 Å². The van der Waals surface area contributed by atoms with E-state index in [4.69, 9.17) is 10.5 Å². The molecule has 1 atom stereocenters. The van der Waals surface area contributed by atoms with E-state index in [1.165, 1.54) is 0 Å². The topological polar surface area (TPSA) is 38.5 Å². The Morgan fingerprint density at radius 1 is 1.67 bits per heavy atom. The fraction of sp³-hybridized carbons (Fsp3) is 0.778. The molecule has 0 aliphatic heterocycles. The SMILES string of the molecule is C=CCN(CC)CC(N)COC. The van der Waals surface area contributed by atoms with Crippen LogP contribution in [-0.2, 0) is 4.74 Å². The van der Waals surface area contributed by atoms with Gasteiger partial charge < -0.3 is 10.5 Å². The van der Waals surface area contributed by atoms with Crippen LogP contribution in [0.2, 0.25) is 0 Å². The van der Waals surface area contributed by atoms with Gasteiger partial charge in [0.15, 0.2) is 0 Å². The predicted octanol–water partition coefficient (Wildman–Crippen LogP) is 0.468. The van der Waals surface area contributed by atoms with Crippen molar-refractivity contribution in [2.75, 3.05) is 33.4 Å². The molecule has 2 N–H and O–H groups in total. The summed E-state index contributed by atoms with van der Waals surface area (Å²) >= 11 is 0. The normalized spacial score (nSPS) is 13.3. The zero-order valence-corrected chi connectivity index (χ0v) is 8.12. The van der Waals surface area contributed by atoms with Crippen molar-refractivity contribution in [3.63, 3.8) is 0 Å². The zero-order chi connectivity index (χ0) is 9.40. The van der Waals surface area contributed by atoms with Gasteiger partial charge in [0, 0.05) is 26.2 Å². The van der Waals surface area contributed by atoms with Crippen LogP contribution in [0.5, 0.6) is 0 Å². The molecule has 0 fully saturated rings. The summed E-state index contributed by atoms with van der Waals surface area (Å²) in [7, 11) is 1.67. The van der Waals surface area contributed by atoms with Crippen LogP contribution in [-0.4, -0.2) is 44.3 Å². The summed E-state index contributed by atoms with van der Waals surface area (Å²) in [6, 6.07) is 0.106. The van der Waals surface area contributed by atoms with E-state index in [0.29, 0.717) is 6.61 Å². The summed E-state index contributed by atoms with van der Waals surface area (Å²) in [4.78, 5) is 2.23. The zero-order valence-electron chi connectivity index (χ0n) is 8.12. The summed E-state index contributed by atoms with van der Waals surface area (Å²) in [6.45, 7) is 9.19. The van der Waals surface area contributed by atoms with Crippen molar-refractivity contribution in [1.29, 1.82) is 0 Å². The molecule has 1 unspecified atom stereocenters.